The summed E-state index contributed by atoms with van der Waals surface area (Å²) in [4.78, 5) is 0. The van der Waals surface area contributed by atoms with Gasteiger partial charge in [0.05, 0.1) is 0 Å². The molecular weight excluding hydrogens is 641 g/mol. The Labute approximate surface area is 313 Å². The largest absolute Gasteiger partial charge is 0.161 e. The average Bonchev–Trinajstić information content (AvgIpc) is 3.30. The Bertz CT molecular complexity index is 2080. The molecule has 0 nitrogen and oxygen atoms in total. The molecule has 0 bridgehead atoms. The van der Waals surface area contributed by atoms with Crippen LogP contribution in [0.15, 0.2) is 150 Å². The van der Waals surface area contributed by atoms with Gasteiger partial charge in [-0.25, -0.2) is 0 Å². The van der Waals surface area contributed by atoms with Gasteiger partial charge in [0.2, 0.25) is 0 Å². The number of hydrogen-bond acceptors (Lipinski definition) is 0. The van der Waals surface area contributed by atoms with Gasteiger partial charge in [-0.1, -0.05) is 185 Å². The molecule has 1 aliphatic carbocycles. The summed E-state index contributed by atoms with van der Waals surface area (Å²) < 4.78 is 0. The van der Waals surface area contributed by atoms with E-state index in [-0.39, 0.29) is 5.04 Å². The zero-order valence-electron chi connectivity index (χ0n) is 32.7. The van der Waals surface area contributed by atoms with Crippen molar-refractivity contribution >= 4 is 23.6 Å². The molecule has 1 unspecified atom stereocenters. The van der Waals surface area contributed by atoms with Gasteiger partial charge >= 0.3 is 0 Å². The molecule has 1 heteroatoms. The minimum absolute atomic E-state index is 0.189. The lowest BCUT2D eigenvalue weighted by Crippen LogP contribution is -2.73. The van der Waals surface area contributed by atoms with Crippen molar-refractivity contribution in [3.63, 3.8) is 0 Å². The van der Waals surface area contributed by atoms with Crippen molar-refractivity contribution in [2.24, 2.45) is 0 Å². The minimum atomic E-state index is -2.83. The Hall–Kier alpha value is -4.98. The molecule has 0 heterocycles. The van der Waals surface area contributed by atoms with Crippen molar-refractivity contribution in [2.45, 2.75) is 74.3 Å². The molecule has 1 atom stereocenters. The van der Waals surface area contributed by atoms with Crippen LogP contribution in [-0.4, -0.2) is 8.07 Å². The van der Waals surface area contributed by atoms with Crippen LogP contribution in [0.3, 0.4) is 0 Å². The van der Waals surface area contributed by atoms with Gasteiger partial charge in [0.1, 0.15) is 0 Å². The molecule has 260 valence electrons. The van der Waals surface area contributed by atoms with E-state index in [1.165, 1.54) is 99.0 Å². The predicted molar refractivity (Wildman–Crippen MR) is 229 cm³/mol. The number of benzene rings is 6. The van der Waals surface area contributed by atoms with E-state index in [1.54, 1.807) is 0 Å². The first-order chi connectivity index (χ1) is 24.8. The summed E-state index contributed by atoms with van der Waals surface area (Å²) in [6.45, 7) is 22.7. The number of aryl methyl sites for hydroxylation is 6. The van der Waals surface area contributed by atoms with Gasteiger partial charge in [0.15, 0.2) is 8.07 Å². The van der Waals surface area contributed by atoms with E-state index in [4.69, 9.17) is 0 Å². The normalized spacial score (nSPS) is 16.0. The smallest absolute Gasteiger partial charge is 0.0730 e. The summed E-state index contributed by atoms with van der Waals surface area (Å²) in [5, 5.41) is 4.10. The zero-order valence-corrected chi connectivity index (χ0v) is 33.7. The van der Waals surface area contributed by atoms with Crippen LogP contribution >= 0.6 is 0 Å². The average molecular weight is 693 g/mol. The molecular formula is C51H52Si. The third-order valence-corrected chi connectivity index (χ3v) is 17.5. The van der Waals surface area contributed by atoms with Gasteiger partial charge in [-0.05, 0) is 117 Å². The molecule has 1 aliphatic rings. The molecule has 0 saturated heterocycles. The first-order valence-corrected chi connectivity index (χ1v) is 20.7. The first-order valence-electron chi connectivity index (χ1n) is 18.7. The topological polar surface area (TPSA) is 0 Å². The standard InChI is InChI=1S/C51H52Si/c1-33-23-34(2)27-45(26-33)42-11-17-48(18-12-42)52(51(10)32-39(7)40(8)41(51)9,49-19-13-43(14-20-49)46-28-35(3)24-36(4)29-46)50-21-15-44(16-22-50)47-30-37(5)25-38(6)31-47/h11-32H,1-10H3. The van der Waals surface area contributed by atoms with Crippen molar-refractivity contribution in [3.05, 3.63) is 184 Å². The molecule has 0 N–H and O–H groups in total. The fourth-order valence-corrected chi connectivity index (χ4v) is 15.3. The van der Waals surface area contributed by atoms with Gasteiger partial charge in [-0.3, -0.25) is 0 Å². The van der Waals surface area contributed by atoms with E-state index < -0.39 is 8.07 Å². The molecule has 7 rings (SSSR count). The van der Waals surface area contributed by atoms with E-state index in [1.807, 2.05) is 0 Å². The minimum Gasteiger partial charge on any atom is -0.0730 e. The van der Waals surface area contributed by atoms with Gasteiger partial charge < -0.3 is 0 Å². The van der Waals surface area contributed by atoms with E-state index in [0.29, 0.717) is 0 Å². The number of hydrogen-bond donors (Lipinski definition) is 0. The number of allylic oxidation sites excluding steroid dienone is 4. The second-order valence-electron chi connectivity index (χ2n) is 15.9. The highest BCUT2D eigenvalue weighted by Crippen LogP contribution is 2.53. The summed E-state index contributed by atoms with van der Waals surface area (Å²) in [5.41, 5.74) is 19.7. The second-order valence-corrected chi connectivity index (χ2v) is 20.2. The monoisotopic (exact) mass is 692 g/mol. The van der Waals surface area contributed by atoms with Crippen molar-refractivity contribution in [2.75, 3.05) is 0 Å². The van der Waals surface area contributed by atoms with Crippen LogP contribution in [0.5, 0.6) is 0 Å². The van der Waals surface area contributed by atoms with Gasteiger partial charge in [-0.15, -0.1) is 0 Å². The SMILES string of the molecule is CC1=CC(C)([Si](c2ccc(-c3cc(C)cc(C)c3)cc2)(c2ccc(-c3cc(C)cc(C)c3)cc2)c2ccc(-c3cc(C)cc(C)c3)cc2)C(C)=C1C. The lowest BCUT2D eigenvalue weighted by molar-refractivity contribution is 0.870. The Kier molecular flexibility index (Phi) is 9.22. The Morgan fingerprint density at radius 2 is 0.615 bits per heavy atom. The Balaban J connectivity index is 1.50. The molecule has 52 heavy (non-hydrogen) atoms. The van der Waals surface area contributed by atoms with Crippen molar-refractivity contribution in [1.82, 2.24) is 0 Å². The summed E-state index contributed by atoms with van der Waals surface area (Å²) >= 11 is 0. The van der Waals surface area contributed by atoms with Crippen LogP contribution in [0.1, 0.15) is 61.1 Å². The van der Waals surface area contributed by atoms with Crippen LogP contribution in [0.25, 0.3) is 33.4 Å². The molecule has 0 spiro atoms. The summed E-state index contributed by atoms with van der Waals surface area (Å²) in [6.07, 6.45) is 2.61. The first kappa shape index (κ1) is 35.4. The fourth-order valence-electron chi connectivity index (χ4n) is 9.29. The predicted octanol–water partition coefficient (Wildman–Crippen LogP) is 12.1. The van der Waals surface area contributed by atoms with E-state index >= 15 is 0 Å². The third kappa shape index (κ3) is 6.16. The van der Waals surface area contributed by atoms with Crippen LogP contribution in [0.2, 0.25) is 5.04 Å². The molecule has 0 aliphatic heterocycles. The highest BCUT2D eigenvalue weighted by molar-refractivity contribution is 7.14. The molecule has 0 saturated carbocycles. The van der Waals surface area contributed by atoms with E-state index in [0.717, 1.165) is 0 Å². The van der Waals surface area contributed by atoms with E-state index in [2.05, 4.69) is 203 Å². The van der Waals surface area contributed by atoms with Crippen LogP contribution in [-0.2, 0) is 0 Å². The summed E-state index contributed by atoms with van der Waals surface area (Å²) in [5.74, 6) is 0. The Morgan fingerprint density at radius 3 is 0.846 bits per heavy atom. The number of rotatable bonds is 7. The lowest BCUT2D eigenvalue weighted by atomic mass is 10.0. The Morgan fingerprint density at radius 1 is 0.346 bits per heavy atom. The highest BCUT2D eigenvalue weighted by atomic mass is 28.3. The third-order valence-electron chi connectivity index (χ3n) is 11.8. The molecule has 0 aromatic heterocycles. The maximum Gasteiger partial charge on any atom is 0.161 e. The van der Waals surface area contributed by atoms with Gasteiger partial charge in [-0.2, -0.15) is 0 Å². The van der Waals surface area contributed by atoms with Crippen LogP contribution < -0.4 is 15.6 Å². The maximum atomic E-state index is 2.61. The van der Waals surface area contributed by atoms with Crippen LogP contribution in [0.4, 0.5) is 0 Å². The molecule has 6 aromatic carbocycles. The molecule has 0 radical (unpaired) electrons. The quantitative estimate of drug-likeness (QED) is 0.115. The summed E-state index contributed by atoms with van der Waals surface area (Å²) in [7, 11) is -2.83. The lowest BCUT2D eigenvalue weighted by Gasteiger charge is -2.47. The summed E-state index contributed by atoms with van der Waals surface area (Å²) in [6, 6.07) is 49.7. The van der Waals surface area contributed by atoms with Crippen molar-refractivity contribution < 1.29 is 0 Å². The zero-order chi connectivity index (χ0) is 36.9. The maximum absolute atomic E-state index is 2.83. The van der Waals surface area contributed by atoms with E-state index in [9.17, 15) is 0 Å². The van der Waals surface area contributed by atoms with Gasteiger partial charge in [0, 0.05) is 5.04 Å². The molecule has 0 amide bonds. The second kappa shape index (κ2) is 13.5. The fraction of sp³-hybridized carbons (Fsp3) is 0.216. The molecule has 6 aromatic rings. The molecule has 0 fully saturated rings. The van der Waals surface area contributed by atoms with Crippen molar-refractivity contribution in [3.8, 4) is 33.4 Å². The van der Waals surface area contributed by atoms with Crippen LogP contribution in [0, 0.1) is 41.5 Å². The van der Waals surface area contributed by atoms with Crippen molar-refractivity contribution in [1.29, 1.82) is 0 Å². The highest BCUT2D eigenvalue weighted by Gasteiger charge is 2.56. The van der Waals surface area contributed by atoms with Gasteiger partial charge in [0.25, 0.3) is 0 Å².